The molecule has 2 heterocycles. The zero-order valence-electron chi connectivity index (χ0n) is 23.1. The summed E-state index contributed by atoms with van der Waals surface area (Å²) in [6, 6.07) is 22.5. The lowest BCUT2D eigenvalue weighted by Gasteiger charge is -2.33. The molecule has 0 unspecified atom stereocenters. The number of carbonyl (C=O) groups is 2. The largest absolute Gasteiger partial charge is 0.351 e. The van der Waals surface area contributed by atoms with Crippen molar-refractivity contribution in [3.63, 3.8) is 0 Å². The third-order valence-electron chi connectivity index (χ3n) is 7.76. The Morgan fingerprint density at radius 3 is 2.64 bits per heavy atom. The van der Waals surface area contributed by atoms with E-state index in [2.05, 4.69) is 55.3 Å². The number of para-hydroxylation sites is 1. The number of benzene rings is 3. The van der Waals surface area contributed by atoms with Crippen LogP contribution in [0.4, 0.5) is 5.69 Å². The van der Waals surface area contributed by atoms with Crippen LogP contribution in [0.15, 0.2) is 76.5 Å². The molecule has 6 heteroatoms. The van der Waals surface area contributed by atoms with Gasteiger partial charge in [-0.3, -0.25) is 14.5 Å². The molecule has 39 heavy (non-hydrogen) atoms. The van der Waals surface area contributed by atoms with Gasteiger partial charge in [0.05, 0.1) is 17.1 Å². The summed E-state index contributed by atoms with van der Waals surface area (Å²) in [5, 5.41) is 3.06. The SMILES string of the molecule is Cc1ccc(C)c(CN2C(=O)/C(=C\c3ccc(C(=O)NCCN4CCCC[C@@H]4C)cc3)Sc3ccccc32)c1. The molecule has 0 aliphatic carbocycles. The van der Waals surface area contributed by atoms with Crippen LogP contribution >= 0.6 is 11.8 Å². The highest BCUT2D eigenvalue weighted by Crippen LogP contribution is 2.42. The number of nitrogens with one attached hydrogen (secondary N) is 1. The summed E-state index contributed by atoms with van der Waals surface area (Å²) in [6.45, 7) is 9.61. The van der Waals surface area contributed by atoms with Gasteiger partial charge in [0.2, 0.25) is 0 Å². The number of nitrogens with zero attached hydrogens (tertiary/aromatic N) is 2. The molecule has 5 rings (SSSR count). The average Bonchev–Trinajstić information content (AvgIpc) is 2.94. The number of hydrogen-bond donors (Lipinski definition) is 1. The lowest BCUT2D eigenvalue weighted by atomic mass is 10.0. The third-order valence-corrected chi connectivity index (χ3v) is 8.84. The summed E-state index contributed by atoms with van der Waals surface area (Å²) in [6.07, 6.45) is 5.71. The van der Waals surface area contributed by atoms with Crippen molar-refractivity contribution in [3.8, 4) is 0 Å². The number of amides is 2. The summed E-state index contributed by atoms with van der Waals surface area (Å²) in [5.41, 5.74) is 5.98. The van der Waals surface area contributed by atoms with Crippen LogP contribution in [0, 0.1) is 13.8 Å². The maximum Gasteiger partial charge on any atom is 0.265 e. The Morgan fingerprint density at radius 1 is 1.05 bits per heavy atom. The molecular formula is C33H37N3O2S. The maximum atomic E-state index is 13.7. The fourth-order valence-electron chi connectivity index (χ4n) is 5.35. The molecule has 2 amide bonds. The van der Waals surface area contributed by atoms with Crippen LogP contribution in [0.1, 0.15) is 58.8 Å². The van der Waals surface area contributed by atoms with Gasteiger partial charge >= 0.3 is 0 Å². The van der Waals surface area contributed by atoms with Gasteiger partial charge in [0.1, 0.15) is 0 Å². The summed E-state index contributed by atoms with van der Waals surface area (Å²) >= 11 is 1.50. The number of rotatable bonds is 7. The Hall–Kier alpha value is -3.35. The molecule has 202 valence electrons. The Bertz CT molecular complexity index is 1380. The fourth-order valence-corrected chi connectivity index (χ4v) is 6.41. The van der Waals surface area contributed by atoms with Crippen molar-refractivity contribution in [3.05, 3.63) is 99.5 Å². The summed E-state index contributed by atoms with van der Waals surface area (Å²) in [7, 11) is 0. The highest BCUT2D eigenvalue weighted by Gasteiger charge is 2.29. The summed E-state index contributed by atoms with van der Waals surface area (Å²) < 4.78 is 0. The molecule has 3 aromatic carbocycles. The highest BCUT2D eigenvalue weighted by atomic mass is 32.2. The lowest BCUT2D eigenvalue weighted by molar-refractivity contribution is -0.114. The number of hydrogen-bond acceptors (Lipinski definition) is 4. The van der Waals surface area contributed by atoms with Gasteiger partial charge in [0.25, 0.3) is 11.8 Å². The minimum absolute atomic E-state index is 0.00614. The Morgan fingerprint density at radius 2 is 1.85 bits per heavy atom. The molecule has 1 atom stereocenters. The quantitative estimate of drug-likeness (QED) is 0.344. The predicted octanol–water partition coefficient (Wildman–Crippen LogP) is 6.59. The second kappa shape index (κ2) is 12.2. The van der Waals surface area contributed by atoms with Crippen molar-refractivity contribution in [2.24, 2.45) is 0 Å². The minimum Gasteiger partial charge on any atom is -0.351 e. The van der Waals surface area contributed by atoms with Crippen molar-refractivity contribution in [1.82, 2.24) is 10.2 Å². The topological polar surface area (TPSA) is 52.7 Å². The highest BCUT2D eigenvalue weighted by molar-refractivity contribution is 8.04. The monoisotopic (exact) mass is 539 g/mol. The number of likely N-dealkylation sites (tertiary alicyclic amines) is 1. The van der Waals surface area contributed by atoms with Crippen LogP contribution in [0.25, 0.3) is 6.08 Å². The van der Waals surface area contributed by atoms with Crippen LogP contribution in [0.3, 0.4) is 0 Å². The summed E-state index contributed by atoms with van der Waals surface area (Å²) in [5.74, 6) is -0.0658. The minimum atomic E-state index is -0.0596. The normalized spacial score (nSPS) is 18.7. The van der Waals surface area contributed by atoms with E-state index in [0.29, 0.717) is 29.6 Å². The fraction of sp³-hybridized carbons (Fsp3) is 0.333. The smallest absolute Gasteiger partial charge is 0.265 e. The second-order valence-electron chi connectivity index (χ2n) is 10.7. The van der Waals surface area contributed by atoms with Crippen molar-refractivity contribution in [2.75, 3.05) is 24.5 Å². The summed E-state index contributed by atoms with van der Waals surface area (Å²) in [4.78, 5) is 32.5. The van der Waals surface area contributed by atoms with Gasteiger partial charge in [-0.1, -0.05) is 66.2 Å². The van der Waals surface area contributed by atoms with E-state index < -0.39 is 0 Å². The van der Waals surface area contributed by atoms with E-state index in [0.717, 1.165) is 34.8 Å². The van der Waals surface area contributed by atoms with Gasteiger partial charge < -0.3 is 10.2 Å². The molecule has 2 aliphatic heterocycles. The number of anilines is 1. The van der Waals surface area contributed by atoms with Gasteiger partial charge in [0, 0.05) is 29.6 Å². The van der Waals surface area contributed by atoms with Crippen LogP contribution in [0.2, 0.25) is 0 Å². The van der Waals surface area contributed by atoms with E-state index in [4.69, 9.17) is 0 Å². The molecule has 0 aromatic heterocycles. The van der Waals surface area contributed by atoms with Crippen LogP contribution < -0.4 is 10.2 Å². The number of thioether (sulfide) groups is 1. The number of fused-ring (bicyclic) bond motifs is 1. The van der Waals surface area contributed by atoms with E-state index in [1.807, 2.05) is 53.4 Å². The Labute approximate surface area is 236 Å². The molecule has 1 N–H and O–H groups in total. The van der Waals surface area contributed by atoms with Gasteiger partial charge in [-0.25, -0.2) is 0 Å². The molecule has 2 aliphatic rings. The first kappa shape index (κ1) is 27.2. The van der Waals surface area contributed by atoms with Crippen molar-refractivity contribution >= 4 is 35.3 Å². The molecule has 1 saturated heterocycles. The van der Waals surface area contributed by atoms with E-state index in [-0.39, 0.29) is 11.8 Å². The molecule has 5 nitrogen and oxygen atoms in total. The van der Waals surface area contributed by atoms with Crippen LogP contribution in [-0.2, 0) is 11.3 Å². The first-order valence-corrected chi connectivity index (χ1v) is 14.7. The van der Waals surface area contributed by atoms with Gasteiger partial charge in [0.15, 0.2) is 0 Å². The van der Waals surface area contributed by atoms with Crippen LogP contribution in [0.5, 0.6) is 0 Å². The molecule has 3 aromatic rings. The van der Waals surface area contributed by atoms with Crippen molar-refractivity contribution in [2.45, 2.75) is 57.5 Å². The second-order valence-corrected chi connectivity index (χ2v) is 11.7. The number of carbonyl (C=O) groups excluding carboxylic acids is 2. The van der Waals surface area contributed by atoms with Gasteiger partial charge in [-0.05, 0) is 87.2 Å². The van der Waals surface area contributed by atoms with E-state index in [1.165, 1.54) is 42.2 Å². The Balaban J connectivity index is 1.29. The van der Waals surface area contributed by atoms with E-state index >= 15 is 0 Å². The van der Waals surface area contributed by atoms with Gasteiger partial charge in [-0.15, -0.1) is 0 Å². The molecular weight excluding hydrogens is 502 g/mol. The van der Waals surface area contributed by atoms with E-state index in [9.17, 15) is 9.59 Å². The number of aryl methyl sites for hydroxylation is 2. The van der Waals surface area contributed by atoms with Crippen molar-refractivity contribution in [1.29, 1.82) is 0 Å². The molecule has 0 radical (unpaired) electrons. The standard InChI is InChI=1S/C33H37N3O2S/c1-23-11-12-24(2)28(20-23)22-36-29-9-4-5-10-30(29)39-31(33(36)38)21-26-13-15-27(16-14-26)32(37)34-17-19-35-18-7-6-8-25(35)3/h4-5,9-16,20-21,25H,6-8,17-19,22H2,1-3H3,(H,34,37)/b31-21+/t25-/m0/s1. The molecule has 0 bridgehead atoms. The zero-order chi connectivity index (χ0) is 27.4. The third kappa shape index (κ3) is 6.45. The molecule has 0 saturated carbocycles. The first-order chi connectivity index (χ1) is 18.9. The van der Waals surface area contributed by atoms with Gasteiger partial charge in [-0.2, -0.15) is 0 Å². The molecule has 0 spiro atoms. The zero-order valence-corrected chi connectivity index (χ0v) is 23.9. The first-order valence-electron chi connectivity index (χ1n) is 13.9. The predicted molar refractivity (Wildman–Crippen MR) is 161 cm³/mol. The number of piperidine rings is 1. The van der Waals surface area contributed by atoms with Crippen LogP contribution in [-0.4, -0.2) is 42.4 Å². The maximum absolute atomic E-state index is 13.7. The Kier molecular flexibility index (Phi) is 8.53. The molecule has 1 fully saturated rings. The lowest BCUT2D eigenvalue weighted by Crippen LogP contribution is -2.42. The van der Waals surface area contributed by atoms with E-state index in [1.54, 1.807) is 0 Å². The van der Waals surface area contributed by atoms with Crippen molar-refractivity contribution < 1.29 is 9.59 Å². The average molecular weight is 540 g/mol.